The standard InChI is InChI=1S/C24H14N4S/c1-3-7-19-17(5-1)25-21-11-9-15(13-23(21)27-19)29-16-10-12-22-24(14-16)28-20-8-4-2-6-18(20)26-22/h1-14H. The third kappa shape index (κ3) is 2.96. The van der Waals surface area contributed by atoms with Gasteiger partial charge in [0.1, 0.15) is 0 Å². The fourth-order valence-corrected chi connectivity index (χ4v) is 4.35. The van der Waals surface area contributed by atoms with E-state index in [-0.39, 0.29) is 0 Å². The maximum absolute atomic E-state index is 4.77. The minimum atomic E-state index is 0.903. The zero-order valence-electron chi connectivity index (χ0n) is 15.3. The Balaban J connectivity index is 1.40. The van der Waals surface area contributed by atoms with E-state index in [0.29, 0.717) is 0 Å². The molecular weight excluding hydrogens is 376 g/mol. The lowest BCUT2D eigenvalue weighted by Gasteiger charge is -2.06. The monoisotopic (exact) mass is 390 g/mol. The molecule has 6 aromatic rings. The first-order valence-electron chi connectivity index (χ1n) is 9.33. The molecule has 0 saturated heterocycles. The first kappa shape index (κ1) is 16.4. The van der Waals surface area contributed by atoms with Gasteiger partial charge in [-0.15, -0.1) is 0 Å². The minimum absolute atomic E-state index is 0.903. The summed E-state index contributed by atoms with van der Waals surface area (Å²) in [5.41, 5.74) is 7.28. The molecule has 0 saturated carbocycles. The van der Waals surface area contributed by atoms with Gasteiger partial charge in [0.05, 0.1) is 44.1 Å². The third-order valence-electron chi connectivity index (χ3n) is 4.86. The van der Waals surface area contributed by atoms with Crippen LogP contribution in [-0.2, 0) is 0 Å². The largest absolute Gasteiger partial charge is 0.245 e. The molecule has 0 atom stereocenters. The summed E-state index contributed by atoms with van der Waals surface area (Å²) in [4.78, 5) is 21.2. The van der Waals surface area contributed by atoms with Gasteiger partial charge in [0.25, 0.3) is 0 Å². The van der Waals surface area contributed by atoms with Crippen molar-refractivity contribution in [3.8, 4) is 0 Å². The van der Waals surface area contributed by atoms with Crippen LogP contribution in [0.1, 0.15) is 0 Å². The van der Waals surface area contributed by atoms with Crippen molar-refractivity contribution in [1.29, 1.82) is 0 Å². The van der Waals surface area contributed by atoms with E-state index in [9.17, 15) is 0 Å². The van der Waals surface area contributed by atoms with E-state index in [2.05, 4.69) is 24.3 Å². The number of hydrogen-bond acceptors (Lipinski definition) is 5. The van der Waals surface area contributed by atoms with Gasteiger partial charge in [-0.2, -0.15) is 0 Å². The second-order valence-corrected chi connectivity index (χ2v) is 7.97. The second-order valence-electron chi connectivity index (χ2n) is 6.83. The van der Waals surface area contributed by atoms with E-state index in [4.69, 9.17) is 19.9 Å². The number of nitrogens with zero attached hydrogens (tertiary/aromatic N) is 4. The molecule has 29 heavy (non-hydrogen) atoms. The quantitative estimate of drug-likeness (QED) is 0.338. The van der Waals surface area contributed by atoms with Crippen molar-refractivity contribution in [3.63, 3.8) is 0 Å². The molecule has 2 aromatic heterocycles. The molecule has 4 aromatic carbocycles. The van der Waals surface area contributed by atoms with Crippen LogP contribution in [0.25, 0.3) is 44.1 Å². The lowest BCUT2D eigenvalue weighted by atomic mass is 10.2. The van der Waals surface area contributed by atoms with Crippen LogP contribution in [-0.4, -0.2) is 19.9 Å². The molecule has 0 N–H and O–H groups in total. The van der Waals surface area contributed by atoms with Gasteiger partial charge in [-0.25, -0.2) is 19.9 Å². The maximum atomic E-state index is 4.77. The molecule has 4 nitrogen and oxygen atoms in total. The van der Waals surface area contributed by atoms with Crippen LogP contribution in [0, 0.1) is 0 Å². The molecule has 136 valence electrons. The molecule has 0 radical (unpaired) electrons. The highest BCUT2D eigenvalue weighted by atomic mass is 32.2. The van der Waals surface area contributed by atoms with Crippen molar-refractivity contribution in [3.05, 3.63) is 84.9 Å². The first-order valence-corrected chi connectivity index (χ1v) is 10.1. The Kier molecular flexibility index (Phi) is 3.67. The van der Waals surface area contributed by atoms with E-state index in [0.717, 1.165) is 53.9 Å². The van der Waals surface area contributed by atoms with Gasteiger partial charge in [-0.3, -0.25) is 0 Å². The molecule has 0 unspecified atom stereocenters. The van der Waals surface area contributed by atoms with Crippen molar-refractivity contribution < 1.29 is 0 Å². The summed E-state index contributed by atoms with van der Waals surface area (Å²) in [6.45, 7) is 0. The summed E-state index contributed by atoms with van der Waals surface area (Å²) in [7, 11) is 0. The van der Waals surface area contributed by atoms with E-state index in [1.165, 1.54) is 0 Å². The molecule has 5 heteroatoms. The van der Waals surface area contributed by atoms with Crippen LogP contribution in [0.4, 0.5) is 0 Å². The molecule has 0 amide bonds. The highest BCUT2D eigenvalue weighted by Crippen LogP contribution is 2.31. The number of rotatable bonds is 2. The average molecular weight is 390 g/mol. The third-order valence-corrected chi connectivity index (χ3v) is 5.84. The Labute approximate surface area is 170 Å². The van der Waals surface area contributed by atoms with Crippen LogP contribution in [0.3, 0.4) is 0 Å². The summed E-state index contributed by atoms with van der Waals surface area (Å²) < 4.78 is 0. The highest BCUT2D eigenvalue weighted by molar-refractivity contribution is 7.99. The van der Waals surface area contributed by atoms with Crippen molar-refractivity contribution in [2.75, 3.05) is 0 Å². The summed E-state index contributed by atoms with van der Waals surface area (Å²) in [6.07, 6.45) is 0. The van der Waals surface area contributed by atoms with Gasteiger partial charge in [-0.1, -0.05) is 36.0 Å². The van der Waals surface area contributed by atoms with Crippen molar-refractivity contribution in [2.24, 2.45) is 0 Å². The fraction of sp³-hybridized carbons (Fsp3) is 0. The Morgan fingerprint density at radius 1 is 0.379 bits per heavy atom. The van der Waals surface area contributed by atoms with Crippen LogP contribution < -0.4 is 0 Å². The van der Waals surface area contributed by atoms with E-state index < -0.39 is 0 Å². The van der Waals surface area contributed by atoms with Gasteiger partial charge < -0.3 is 0 Å². The van der Waals surface area contributed by atoms with Crippen LogP contribution >= 0.6 is 11.8 Å². The Hall–Kier alpha value is -3.57. The molecule has 0 bridgehead atoms. The first-order chi connectivity index (χ1) is 14.3. The molecule has 0 spiro atoms. The van der Waals surface area contributed by atoms with E-state index in [1.807, 2.05) is 60.7 Å². The number of hydrogen-bond donors (Lipinski definition) is 0. The molecule has 6 rings (SSSR count). The summed E-state index contributed by atoms with van der Waals surface area (Å²) >= 11 is 1.69. The topological polar surface area (TPSA) is 51.6 Å². The Bertz CT molecular complexity index is 1430. The molecule has 0 aliphatic rings. The predicted molar refractivity (Wildman–Crippen MR) is 118 cm³/mol. The minimum Gasteiger partial charge on any atom is -0.245 e. The predicted octanol–water partition coefficient (Wildman–Crippen LogP) is 6.03. The number of benzene rings is 4. The molecular formula is C24H14N4S. The molecule has 0 fully saturated rings. The van der Waals surface area contributed by atoms with Gasteiger partial charge in [0.2, 0.25) is 0 Å². The molecule has 0 aliphatic carbocycles. The average Bonchev–Trinajstić information content (AvgIpc) is 2.76. The number of aromatic nitrogens is 4. The Morgan fingerprint density at radius 3 is 1.14 bits per heavy atom. The lowest BCUT2D eigenvalue weighted by molar-refractivity contribution is 1.34. The zero-order valence-corrected chi connectivity index (χ0v) is 16.1. The smallest absolute Gasteiger partial charge is 0.0905 e. The van der Waals surface area contributed by atoms with Crippen LogP contribution in [0.5, 0.6) is 0 Å². The number of para-hydroxylation sites is 4. The Morgan fingerprint density at radius 2 is 0.724 bits per heavy atom. The van der Waals surface area contributed by atoms with E-state index in [1.54, 1.807) is 11.8 Å². The lowest BCUT2D eigenvalue weighted by Crippen LogP contribution is -1.88. The molecule has 0 aliphatic heterocycles. The SMILES string of the molecule is c1ccc2nc3cc(Sc4ccc5nc6ccccc6nc5c4)ccc3nc2c1. The number of fused-ring (bicyclic) bond motifs is 4. The van der Waals surface area contributed by atoms with Crippen molar-refractivity contribution in [1.82, 2.24) is 19.9 Å². The van der Waals surface area contributed by atoms with Crippen LogP contribution in [0.15, 0.2) is 94.7 Å². The highest BCUT2D eigenvalue weighted by Gasteiger charge is 2.06. The normalized spacial score (nSPS) is 11.6. The summed E-state index contributed by atoms with van der Waals surface area (Å²) in [6, 6.07) is 28.3. The second kappa shape index (κ2) is 6.50. The van der Waals surface area contributed by atoms with Crippen LogP contribution in [0.2, 0.25) is 0 Å². The fourth-order valence-electron chi connectivity index (χ4n) is 3.46. The van der Waals surface area contributed by atoms with E-state index >= 15 is 0 Å². The maximum Gasteiger partial charge on any atom is 0.0905 e. The zero-order chi connectivity index (χ0) is 19.2. The molecule has 2 heterocycles. The van der Waals surface area contributed by atoms with Crippen molar-refractivity contribution in [2.45, 2.75) is 9.79 Å². The van der Waals surface area contributed by atoms with Gasteiger partial charge in [-0.05, 0) is 60.7 Å². The summed E-state index contributed by atoms with van der Waals surface area (Å²) in [5.74, 6) is 0. The van der Waals surface area contributed by atoms with Gasteiger partial charge >= 0.3 is 0 Å². The van der Waals surface area contributed by atoms with Gasteiger partial charge in [0.15, 0.2) is 0 Å². The summed E-state index contributed by atoms with van der Waals surface area (Å²) in [5, 5.41) is 0. The van der Waals surface area contributed by atoms with Crippen molar-refractivity contribution >= 4 is 55.9 Å². The van der Waals surface area contributed by atoms with Gasteiger partial charge in [0, 0.05) is 9.79 Å².